The van der Waals surface area contributed by atoms with E-state index in [1.165, 1.54) is 0 Å². The highest BCUT2D eigenvalue weighted by Crippen LogP contribution is 2.30. The molecule has 0 saturated carbocycles. The van der Waals surface area contributed by atoms with Gasteiger partial charge < -0.3 is 4.74 Å². The minimum atomic E-state index is -3.42. The van der Waals surface area contributed by atoms with Crippen LogP contribution in [0.1, 0.15) is 23.6 Å². The Hall–Kier alpha value is -1.07. The average molecular weight is 257 g/mol. The molecule has 4 nitrogen and oxygen atoms in total. The molecule has 5 heteroatoms. The molecule has 1 rings (SSSR count). The van der Waals surface area contributed by atoms with Crippen molar-refractivity contribution in [1.29, 1.82) is 0 Å². The van der Waals surface area contributed by atoms with E-state index >= 15 is 0 Å². The SMILES string of the molecule is CCNS(=O)(=O)c1c(C)cc(OC)c(C)c1C. The van der Waals surface area contributed by atoms with Gasteiger partial charge in [-0.05, 0) is 43.5 Å². The van der Waals surface area contributed by atoms with E-state index in [2.05, 4.69) is 4.72 Å². The van der Waals surface area contributed by atoms with Gasteiger partial charge in [-0.1, -0.05) is 6.92 Å². The molecule has 0 radical (unpaired) electrons. The van der Waals surface area contributed by atoms with E-state index in [9.17, 15) is 8.42 Å². The van der Waals surface area contributed by atoms with Gasteiger partial charge in [-0.25, -0.2) is 13.1 Å². The van der Waals surface area contributed by atoms with Crippen molar-refractivity contribution in [2.24, 2.45) is 0 Å². The van der Waals surface area contributed by atoms with Crippen molar-refractivity contribution < 1.29 is 13.2 Å². The molecule has 0 atom stereocenters. The molecule has 1 N–H and O–H groups in total. The van der Waals surface area contributed by atoms with Gasteiger partial charge in [-0.3, -0.25) is 0 Å². The summed E-state index contributed by atoms with van der Waals surface area (Å²) in [5.74, 6) is 0.718. The van der Waals surface area contributed by atoms with Crippen LogP contribution in [0.25, 0.3) is 0 Å². The Morgan fingerprint density at radius 2 is 1.82 bits per heavy atom. The molecule has 0 fully saturated rings. The van der Waals surface area contributed by atoms with Crippen LogP contribution >= 0.6 is 0 Å². The van der Waals surface area contributed by atoms with E-state index in [0.29, 0.717) is 17.0 Å². The average Bonchev–Trinajstić information content (AvgIpc) is 2.23. The van der Waals surface area contributed by atoms with Crippen LogP contribution in [-0.2, 0) is 10.0 Å². The summed E-state index contributed by atoms with van der Waals surface area (Å²) in [4.78, 5) is 0.359. The summed E-state index contributed by atoms with van der Waals surface area (Å²) in [6.07, 6.45) is 0. The fourth-order valence-corrected chi connectivity index (χ4v) is 3.47. The first kappa shape index (κ1) is 14.0. The van der Waals surface area contributed by atoms with Gasteiger partial charge in [0, 0.05) is 6.54 Å². The standard InChI is InChI=1S/C12H19NO3S/c1-6-13-17(14,15)12-8(2)7-11(16-5)9(3)10(12)4/h7,13H,6H2,1-5H3. The quantitative estimate of drug-likeness (QED) is 0.896. The Kier molecular flexibility index (Phi) is 4.16. The lowest BCUT2D eigenvalue weighted by molar-refractivity contribution is 0.410. The zero-order valence-electron chi connectivity index (χ0n) is 10.9. The lowest BCUT2D eigenvalue weighted by Gasteiger charge is -2.16. The van der Waals surface area contributed by atoms with Gasteiger partial charge in [0.15, 0.2) is 0 Å². The molecule has 0 spiro atoms. The van der Waals surface area contributed by atoms with Crippen LogP contribution < -0.4 is 9.46 Å². The van der Waals surface area contributed by atoms with E-state index in [0.717, 1.165) is 16.9 Å². The number of rotatable bonds is 4. The molecular weight excluding hydrogens is 238 g/mol. The molecule has 17 heavy (non-hydrogen) atoms. The number of sulfonamides is 1. The fraction of sp³-hybridized carbons (Fsp3) is 0.500. The molecular formula is C12H19NO3S. The summed E-state index contributed by atoms with van der Waals surface area (Å²) >= 11 is 0. The van der Waals surface area contributed by atoms with Crippen molar-refractivity contribution in [3.8, 4) is 5.75 Å². The largest absolute Gasteiger partial charge is 0.496 e. The Labute approximate surface area is 103 Å². The molecule has 1 aromatic rings. The van der Waals surface area contributed by atoms with Crippen molar-refractivity contribution in [2.45, 2.75) is 32.6 Å². The minimum Gasteiger partial charge on any atom is -0.496 e. The second-order valence-corrected chi connectivity index (χ2v) is 5.68. The van der Waals surface area contributed by atoms with Gasteiger partial charge in [0.1, 0.15) is 5.75 Å². The highest BCUT2D eigenvalue weighted by molar-refractivity contribution is 7.89. The molecule has 0 amide bonds. The maximum absolute atomic E-state index is 12.1. The van der Waals surface area contributed by atoms with Crippen LogP contribution in [0.4, 0.5) is 0 Å². The third-order valence-electron chi connectivity index (χ3n) is 2.80. The monoisotopic (exact) mass is 257 g/mol. The van der Waals surface area contributed by atoms with E-state index in [-0.39, 0.29) is 0 Å². The topological polar surface area (TPSA) is 55.4 Å². The van der Waals surface area contributed by atoms with Crippen molar-refractivity contribution in [3.63, 3.8) is 0 Å². The van der Waals surface area contributed by atoms with Gasteiger partial charge in [0.2, 0.25) is 10.0 Å². The molecule has 0 unspecified atom stereocenters. The van der Waals surface area contributed by atoms with Gasteiger partial charge in [0.25, 0.3) is 0 Å². The summed E-state index contributed by atoms with van der Waals surface area (Å²) in [6, 6.07) is 1.76. The van der Waals surface area contributed by atoms with Crippen molar-refractivity contribution in [1.82, 2.24) is 4.72 Å². The number of methoxy groups -OCH3 is 1. The molecule has 0 heterocycles. The van der Waals surface area contributed by atoms with Crippen LogP contribution in [0.5, 0.6) is 5.75 Å². The molecule has 0 saturated heterocycles. The van der Waals surface area contributed by atoms with Crippen molar-refractivity contribution >= 4 is 10.0 Å². The number of aryl methyl sites for hydroxylation is 1. The lowest BCUT2D eigenvalue weighted by Crippen LogP contribution is -2.25. The normalized spacial score (nSPS) is 11.6. The zero-order chi connectivity index (χ0) is 13.2. The van der Waals surface area contributed by atoms with E-state index in [1.54, 1.807) is 33.9 Å². The molecule has 96 valence electrons. The summed E-state index contributed by atoms with van der Waals surface area (Å²) in [5.41, 5.74) is 2.29. The van der Waals surface area contributed by atoms with Crippen molar-refractivity contribution in [2.75, 3.05) is 13.7 Å². The summed E-state index contributed by atoms with van der Waals surface area (Å²) in [6.45, 7) is 7.58. The molecule has 0 bridgehead atoms. The summed E-state index contributed by atoms with van der Waals surface area (Å²) in [7, 11) is -1.84. The Morgan fingerprint density at radius 1 is 1.24 bits per heavy atom. The number of hydrogen-bond acceptors (Lipinski definition) is 3. The van der Waals surface area contributed by atoms with E-state index in [1.807, 2.05) is 6.92 Å². The van der Waals surface area contributed by atoms with Crippen LogP contribution in [0, 0.1) is 20.8 Å². The molecule has 0 aliphatic carbocycles. The number of benzene rings is 1. The fourth-order valence-electron chi connectivity index (χ4n) is 1.91. The Morgan fingerprint density at radius 3 is 2.29 bits per heavy atom. The lowest BCUT2D eigenvalue weighted by atomic mass is 10.1. The number of hydrogen-bond donors (Lipinski definition) is 1. The van der Waals surface area contributed by atoms with Gasteiger partial charge in [0.05, 0.1) is 12.0 Å². The molecule has 0 aliphatic rings. The molecule has 1 aromatic carbocycles. The van der Waals surface area contributed by atoms with Gasteiger partial charge in [-0.2, -0.15) is 0 Å². The first-order valence-corrected chi connectivity index (χ1v) is 6.98. The molecule has 0 aliphatic heterocycles. The van der Waals surface area contributed by atoms with Gasteiger partial charge in [-0.15, -0.1) is 0 Å². The maximum atomic E-state index is 12.1. The number of nitrogens with one attached hydrogen (secondary N) is 1. The zero-order valence-corrected chi connectivity index (χ0v) is 11.7. The first-order chi connectivity index (χ1) is 7.85. The highest BCUT2D eigenvalue weighted by Gasteiger charge is 2.21. The Bertz CT molecular complexity index is 521. The van der Waals surface area contributed by atoms with Crippen molar-refractivity contribution in [3.05, 3.63) is 22.8 Å². The summed E-state index contributed by atoms with van der Waals surface area (Å²) in [5, 5.41) is 0. The molecule has 0 aromatic heterocycles. The predicted octanol–water partition coefficient (Wildman–Crippen LogP) is 1.92. The third-order valence-corrected chi connectivity index (χ3v) is 4.64. The minimum absolute atomic E-state index is 0.359. The van der Waals surface area contributed by atoms with Crippen LogP contribution in [0.3, 0.4) is 0 Å². The second-order valence-electron chi connectivity index (χ2n) is 3.98. The van der Waals surface area contributed by atoms with E-state index < -0.39 is 10.0 Å². The highest BCUT2D eigenvalue weighted by atomic mass is 32.2. The summed E-state index contributed by atoms with van der Waals surface area (Å²) < 4.78 is 31.9. The first-order valence-electron chi connectivity index (χ1n) is 5.49. The third kappa shape index (κ3) is 2.61. The van der Waals surface area contributed by atoms with Gasteiger partial charge >= 0.3 is 0 Å². The second kappa shape index (κ2) is 5.06. The van der Waals surface area contributed by atoms with Crippen LogP contribution in [-0.4, -0.2) is 22.1 Å². The van der Waals surface area contributed by atoms with Crippen LogP contribution in [0.15, 0.2) is 11.0 Å². The number of ether oxygens (including phenoxy) is 1. The van der Waals surface area contributed by atoms with E-state index in [4.69, 9.17) is 4.74 Å². The maximum Gasteiger partial charge on any atom is 0.241 e. The Balaban J connectivity index is 3.51. The van der Waals surface area contributed by atoms with Crippen LogP contribution in [0.2, 0.25) is 0 Å². The predicted molar refractivity (Wildman–Crippen MR) is 68.1 cm³/mol. The smallest absolute Gasteiger partial charge is 0.241 e.